The number of aliphatic hydroxyl groups is 1. The Labute approximate surface area is 185 Å². The molecule has 0 bridgehead atoms. The van der Waals surface area contributed by atoms with Crippen LogP contribution in [0.15, 0.2) is 36.7 Å². The number of halogens is 1. The molecule has 3 aromatic rings. The van der Waals surface area contributed by atoms with Crippen molar-refractivity contribution in [3.8, 4) is 0 Å². The van der Waals surface area contributed by atoms with Crippen LogP contribution in [-0.4, -0.2) is 56.4 Å². The number of carbonyl (C=O) groups excluding carboxylic acids is 1. The van der Waals surface area contributed by atoms with E-state index in [1.807, 2.05) is 25.3 Å². The molecule has 9 heteroatoms. The van der Waals surface area contributed by atoms with Gasteiger partial charge in [-0.1, -0.05) is 6.07 Å². The summed E-state index contributed by atoms with van der Waals surface area (Å²) in [5.41, 5.74) is 3.12. The van der Waals surface area contributed by atoms with Gasteiger partial charge in [-0.2, -0.15) is 5.10 Å². The molecule has 4 heterocycles. The van der Waals surface area contributed by atoms with Crippen LogP contribution in [0.4, 0.5) is 20.7 Å². The van der Waals surface area contributed by atoms with E-state index in [0.29, 0.717) is 30.8 Å². The Morgan fingerprint density at radius 3 is 2.91 bits per heavy atom. The molecule has 0 spiro atoms. The van der Waals surface area contributed by atoms with Crippen LogP contribution in [0.5, 0.6) is 0 Å². The van der Waals surface area contributed by atoms with Gasteiger partial charge in [-0.05, 0) is 61.9 Å². The third kappa shape index (κ3) is 3.88. The molecule has 2 amide bonds. The van der Waals surface area contributed by atoms with Crippen molar-refractivity contribution in [3.05, 3.63) is 53.6 Å². The Morgan fingerprint density at radius 1 is 1.22 bits per heavy atom. The molecule has 2 N–H and O–H groups in total. The van der Waals surface area contributed by atoms with Crippen LogP contribution < -0.4 is 10.2 Å². The van der Waals surface area contributed by atoms with Crippen molar-refractivity contribution >= 4 is 23.2 Å². The molecule has 2 saturated heterocycles. The Kier molecular flexibility index (Phi) is 5.42. The highest BCUT2D eigenvalue weighted by molar-refractivity contribution is 5.93. The number of nitrogens with zero attached hydrogens (tertiary/aromatic N) is 5. The van der Waals surface area contributed by atoms with Crippen molar-refractivity contribution in [2.24, 2.45) is 0 Å². The molecular formula is C23H27FN6O2. The molecule has 168 valence electrons. The number of aliphatic hydroxyl groups excluding tert-OH is 1. The molecule has 2 aliphatic heterocycles. The number of β-amino-alcohol motifs (C(OH)–C–C–N with tert-alkyl or cyclic N) is 1. The maximum Gasteiger partial charge on any atom is 0.322 e. The predicted octanol–water partition coefficient (Wildman–Crippen LogP) is 3.51. The number of aryl methyl sites for hydroxylation is 1. The first-order valence-corrected chi connectivity index (χ1v) is 11.1. The van der Waals surface area contributed by atoms with Crippen molar-refractivity contribution in [3.63, 3.8) is 0 Å². The minimum atomic E-state index is -0.485. The zero-order chi connectivity index (χ0) is 22.2. The Balaban J connectivity index is 1.42. The van der Waals surface area contributed by atoms with E-state index in [1.165, 1.54) is 6.07 Å². The summed E-state index contributed by atoms with van der Waals surface area (Å²) in [7, 11) is 0. The van der Waals surface area contributed by atoms with Crippen LogP contribution in [-0.2, 0) is 0 Å². The SMILES string of the molecule is Cc1ccc(F)cc1[C@H]1CCCN1c1ccn2ncc(NC(=O)N3CCC[C@@H](O)C3)c2n1. The summed E-state index contributed by atoms with van der Waals surface area (Å²) >= 11 is 0. The number of piperidine rings is 1. The first-order chi connectivity index (χ1) is 15.5. The van der Waals surface area contributed by atoms with Crippen LogP contribution in [0, 0.1) is 12.7 Å². The molecule has 0 aliphatic carbocycles. The van der Waals surface area contributed by atoms with E-state index in [9.17, 15) is 14.3 Å². The van der Waals surface area contributed by atoms with Gasteiger partial charge in [0, 0.05) is 25.8 Å². The molecule has 0 saturated carbocycles. The van der Waals surface area contributed by atoms with Gasteiger partial charge in [0.2, 0.25) is 0 Å². The number of urea groups is 1. The molecule has 32 heavy (non-hydrogen) atoms. The highest BCUT2D eigenvalue weighted by Gasteiger charge is 2.29. The van der Waals surface area contributed by atoms with Crippen LogP contribution in [0.25, 0.3) is 5.65 Å². The van der Waals surface area contributed by atoms with E-state index in [1.54, 1.807) is 21.7 Å². The maximum absolute atomic E-state index is 13.9. The van der Waals surface area contributed by atoms with Gasteiger partial charge >= 0.3 is 6.03 Å². The number of benzene rings is 1. The zero-order valence-corrected chi connectivity index (χ0v) is 18.0. The second-order valence-electron chi connectivity index (χ2n) is 8.64. The number of hydrogen-bond acceptors (Lipinski definition) is 5. The van der Waals surface area contributed by atoms with Gasteiger partial charge in [-0.25, -0.2) is 18.7 Å². The van der Waals surface area contributed by atoms with Crippen molar-refractivity contribution in [2.45, 2.75) is 44.8 Å². The van der Waals surface area contributed by atoms with Crippen molar-refractivity contribution in [1.29, 1.82) is 0 Å². The van der Waals surface area contributed by atoms with Gasteiger partial charge in [-0.3, -0.25) is 0 Å². The number of amides is 2. The van der Waals surface area contributed by atoms with E-state index < -0.39 is 6.10 Å². The first-order valence-electron chi connectivity index (χ1n) is 11.1. The van der Waals surface area contributed by atoms with Gasteiger partial charge in [0.25, 0.3) is 0 Å². The van der Waals surface area contributed by atoms with E-state index in [2.05, 4.69) is 15.3 Å². The number of aromatic nitrogens is 3. The smallest absolute Gasteiger partial charge is 0.322 e. The van der Waals surface area contributed by atoms with Gasteiger partial charge in [0.15, 0.2) is 5.65 Å². The van der Waals surface area contributed by atoms with Crippen LogP contribution in [0.3, 0.4) is 0 Å². The average Bonchev–Trinajstić information content (AvgIpc) is 3.42. The number of fused-ring (bicyclic) bond motifs is 1. The largest absolute Gasteiger partial charge is 0.391 e. The third-order valence-electron chi connectivity index (χ3n) is 6.43. The molecule has 2 aromatic heterocycles. The van der Waals surface area contributed by atoms with Crippen molar-refractivity contribution in [2.75, 3.05) is 29.9 Å². The van der Waals surface area contributed by atoms with Crippen LogP contribution in [0.2, 0.25) is 0 Å². The van der Waals surface area contributed by atoms with Gasteiger partial charge in [0.1, 0.15) is 17.3 Å². The van der Waals surface area contributed by atoms with E-state index in [-0.39, 0.29) is 17.9 Å². The third-order valence-corrected chi connectivity index (χ3v) is 6.43. The summed E-state index contributed by atoms with van der Waals surface area (Å²) in [6.07, 6.45) is 6.34. The van der Waals surface area contributed by atoms with E-state index in [4.69, 9.17) is 4.98 Å². The minimum absolute atomic E-state index is 0.0523. The lowest BCUT2D eigenvalue weighted by molar-refractivity contribution is 0.0883. The summed E-state index contributed by atoms with van der Waals surface area (Å²) in [6.45, 7) is 3.77. The highest BCUT2D eigenvalue weighted by Crippen LogP contribution is 2.37. The van der Waals surface area contributed by atoms with Gasteiger partial charge < -0.3 is 20.2 Å². The van der Waals surface area contributed by atoms with E-state index in [0.717, 1.165) is 42.8 Å². The summed E-state index contributed by atoms with van der Waals surface area (Å²) in [5, 5.41) is 17.1. The second kappa shape index (κ2) is 8.38. The highest BCUT2D eigenvalue weighted by atomic mass is 19.1. The fourth-order valence-corrected chi connectivity index (χ4v) is 4.78. The number of carbonyl (C=O) groups is 1. The monoisotopic (exact) mass is 438 g/mol. The molecule has 2 atom stereocenters. The lowest BCUT2D eigenvalue weighted by atomic mass is 9.99. The molecule has 0 unspecified atom stereocenters. The summed E-state index contributed by atoms with van der Waals surface area (Å²) < 4.78 is 15.6. The number of hydrogen-bond donors (Lipinski definition) is 2. The topological polar surface area (TPSA) is 86.0 Å². The standard InChI is InChI=1S/C23H27FN6O2/c1-15-6-7-16(24)12-18(15)20-5-3-10-29(20)21-8-11-30-22(27-21)19(13-25-30)26-23(32)28-9-2-4-17(31)14-28/h6-8,11-13,17,20,31H,2-5,9-10,14H2,1H3,(H,26,32)/t17-,20-/m1/s1. The van der Waals surface area contributed by atoms with Gasteiger partial charge in [-0.15, -0.1) is 0 Å². The lowest BCUT2D eigenvalue weighted by Crippen LogP contribution is -2.44. The Hall–Kier alpha value is -3.20. The quantitative estimate of drug-likeness (QED) is 0.654. The predicted molar refractivity (Wildman–Crippen MR) is 119 cm³/mol. The van der Waals surface area contributed by atoms with Crippen LogP contribution in [0.1, 0.15) is 42.9 Å². The van der Waals surface area contributed by atoms with E-state index >= 15 is 0 Å². The molecule has 8 nitrogen and oxygen atoms in total. The number of anilines is 2. The molecule has 0 radical (unpaired) electrons. The molecule has 5 rings (SSSR count). The molecule has 1 aromatic carbocycles. The van der Waals surface area contributed by atoms with Crippen molar-refractivity contribution in [1.82, 2.24) is 19.5 Å². The summed E-state index contributed by atoms with van der Waals surface area (Å²) in [5.74, 6) is 0.539. The first kappa shape index (κ1) is 20.7. The Morgan fingerprint density at radius 2 is 2.06 bits per heavy atom. The Bertz CT molecular complexity index is 1150. The number of rotatable bonds is 3. The second-order valence-corrected chi connectivity index (χ2v) is 8.64. The zero-order valence-electron chi connectivity index (χ0n) is 18.0. The summed E-state index contributed by atoms with van der Waals surface area (Å²) in [4.78, 5) is 21.3. The fourth-order valence-electron chi connectivity index (χ4n) is 4.78. The molecule has 2 aliphatic rings. The molecular weight excluding hydrogens is 411 g/mol. The number of nitrogens with one attached hydrogen (secondary N) is 1. The number of likely N-dealkylation sites (tertiary alicyclic amines) is 1. The van der Waals surface area contributed by atoms with Gasteiger partial charge in [0.05, 0.1) is 18.3 Å². The molecule has 2 fully saturated rings. The fraction of sp³-hybridized carbons (Fsp3) is 0.435. The van der Waals surface area contributed by atoms with Crippen LogP contribution >= 0.6 is 0 Å². The van der Waals surface area contributed by atoms with Crippen molar-refractivity contribution < 1.29 is 14.3 Å². The summed E-state index contributed by atoms with van der Waals surface area (Å²) in [6, 6.07) is 6.62. The normalized spacial score (nSPS) is 21.3. The lowest BCUT2D eigenvalue weighted by Gasteiger charge is -2.30. The minimum Gasteiger partial charge on any atom is -0.391 e. The average molecular weight is 439 g/mol. The maximum atomic E-state index is 13.9.